The highest BCUT2D eigenvalue weighted by Crippen LogP contribution is 2.01. The molecule has 0 saturated heterocycles. The van der Waals surface area contributed by atoms with Gasteiger partial charge in [-0.1, -0.05) is 11.8 Å². The molecule has 15 heavy (non-hydrogen) atoms. The molecule has 8 heteroatoms. The van der Waals surface area contributed by atoms with Crippen molar-refractivity contribution in [2.24, 2.45) is 16.7 Å². The van der Waals surface area contributed by atoms with Crippen LogP contribution in [0.25, 0.3) is 0 Å². The number of hydrogen-bond acceptors (Lipinski definition) is 6. The molecular weight excluding hydrogens is 220 g/mol. The number of hydrazone groups is 1. The number of nitrogens with two attached hydrogens (primary N) is 2. The predicted octanol–water partition coefficient (Wildman–Crippen LogP) is -0.688. The lowest BCUT2D eigenvalue weighted by atomic mass is 10.5. The lowest BCUT2D eigenvalue weighted by Gasteiger charge is -1.98. The topological polar surface area (TPSA) is 117 Å². The van der Waals surface area contributed by atoms with Crippen LogP contribution in [0, 0.1) is 6.92 Å². The van der Waals surface area contributed by atoms with Crippen molar-refractivity contribution in [3.8, 4) is 0 Å². The van der Waals surface area contributed by atoms with Crippen LogP contribution in [0.4, 0.5) is 0 Å². The largest absolute Gasteiger partial charge is 0.377 e. The number of rotatable bonds is 2. The number of amidine groups is 1. The lowest BCUT2D eigenvalue weighted by Crippen LogP contribution is -2.24. The molecule has 1 aromatic heterocycles. The SMILES string of the molecule is Cc1cc(=O)n(C(=O)CSC(N)=NN)o1. The van der Waals surface area contributed by atoms with Crippen LogP contribution in [0.2, 0.25) is 0 Å². The first-order valence-electron chi connectivity index (χ1n) is 3.94. The Morgan fingerprint density at radius 2 is 2.40 bits per heavy atom. The fraction of sp³-hybridized carbons (Fsp3) is 0.286. The van der Waals surface area contributed by atoms with Crippen molar-refractivity contribution >= 4 is 22.8 Å². The Morgan fingerprint density at radius 1 is 1.73 bits per heavy atom. The van der Waals surface area contributed by atoms with E-state index in [4.69, 9.17) is 16.1 Å². The van der Waals surface area contributed by atoms with Crippen molar-refractivity contribution in [1.29, 1.82) is 0 Å². The number of carbonyl (C=O) groups excluding carboxylic acids is 1. The van der Waals surface area contributed by atoms with E-state index in [2.05, 4.69) is 5.10 Å². The molecule has 0 unspecified atom stereocenters. The molecule has 0 aliphatic carbocycles. The van der Waals surface area contributed by atoms with Gasteiger partial charge in [0.1, 0.15) is 5.76 Å². The molecule has 0 amide bonds. The summed E-state index contributed by atoms with van der Waals surface area (Å²) in [6, 6.07) is 1.23. The first kappa shape index (κ1) is 11.4. The summed E-state index contributed by atoms with van der Waals surface area (Å²) in [5, 5.41) is 3.24. The van der Waals surface area contributed by atoms with Gasteiger partial charge >= 0.3 is 0 Å². The van der Waals surface area contributed by atoms with Gasteiger partial charge in [0.05, 0.1) is 5.75 Å². The van der Waals surface area contributed by atoms with Gasteiger partial charge in [-0.25, -0.2) is 0 Å². The molecule has 0 fully saturated rings. The second-order valence-electron chi connectivity index (χ2n) is 2.63. The van der Waals surface area contributed by atoms with Crippen molar-refractivity contribution in [1.82, 2.24) is 4.74 Å². The number of aryl methyl sites for hydroxylation is 1. The first-order valence-corrected chi connectivity index (χ1v) is 4.92. The molecule has 82 valence electrons. The van der Waals surface area contributed by atoms with Gasteiger partial charge in [-0.05, 0) is 6.92 Å². The van der Waals surface area contributed by atoms with Gasteiger partial charge in [0.2, 0.25) is 0 Å². The zero-order chi connectivity index (χ0) is 11.4. The van der Waals surface area contributed by atoms with Crippen molar-refractivity contribution in [3.05, 3.63) is 22.2 Å². The second-order valence-corrected chi connectivity index (χ2v) is 3.62. The maximum absolute atomic E-state index is 11.4. The summed E-state index contributed by atoms with van der Waals surface area (Å²) in [6.07, 6.45) is 0. The molecule has 0 aliphatic rings. The molecule has 0 atom stereocenters. The Bertz CT molecular complexity index is 447. The van der Waals surface area contributed by atoms with E-state index >= 15 is 0 Å². The van der Waals surface area contributed by atoms with Gasteiger partial charge in [-0.15, -0.1) is 4.74 Å². The molecule has 1 rings (SSSR count). The summed E-state index contributed by atoms with van der Waals surface area (Å²) in [5.41, 5.74) is 4.76. The Labute approximate surface area is 89.1 Å². The highest BCUT2D eigenvalue weighted by molar-refractivity contribution is 8.14. The summed E-state index contributed by atoms with van der Waals surface area (Å²) < 4.78 is 5.54. The smallest absolute Gasteiger partial charge is 0.290 e. The van der Waals surface area contributed by atoms with E-state index in [-0.39, 0.29) is 10.9 Å². The zero-order valence-corrected chi connectivity index (χ0v) is 8.78. The van der Waals surface area contributed by atoms with Gasteiger partial charge in [0, 0.05) is 6.07 Å². The van der Waals surface area contributed by atoms with Gasteiger partial charge < -0.3 is 16.1 Å². The molecule has 7 nitrogen and oxygen atoms in total. The normalized spacial score (nSPS) is 11.7. The molecule has 0 radical (unpaired) electrons. The Balaban J connectivity index is 2.70. The molecule has 0 saturated carbocycles. The summed E-state index contributed by atoms with van der Waals surface area (Å²) >= 11 is 0.931. The third kappa shape index (κ3) is 2.88. The van der Waals surface area contributed by atoms with Gasteiger partial charge in [-0.3, -0.25) is 9.59 Å². The Hall–Kier alpha value is -1.70. The molecule has 0 spiro atoms. The van der Waals surface area contributed by atoms with E-state index < -0.39 is 11.5 Å². The van der Waals surface area contributed by atoms with E-state index in [0.717, 1.165) is 11.8 Å². The fourth-order valence-electron chi connectivity index (χ4n) is 0.853. The molecule has 1 aromatic rings. The number of aromatic nitrogens is 1. The molecule has 0 aliphatic heterocycles. The maximum atomic E-state index is 11.4. The average molecular weight is 230 g/mol. The number of carbonyl (C=O) groups is 1. The minimum atomic E-state index is -0.510. The predicted molar refractivity (Wildman–Crippen MR) is 56.6 cm³/mol. The van der Waals surface area contributed by atoms with Crippen LogP contribution in [-0.4, -0.2) is 21.6 Å². The van der Waals surface area contributed by atoms with E-state index in [1.807, 2.05) is 0 Å². The van der Waals surface area contributed by atoms with Crippen LogP contribution in [0.15, 0.2) is 20.5 Å². The van der Waals surface area contributed by atoms with Crippen LogP contribution in [0.1, 0.15) is 10.6 Å². The number of thioether (sulfide) groups is 1. The van der Waals surface area contributed by atoms with Crippen LogP contribution < -0.4 is 17.1 Å². The van der Waals surface area contributed by atoms with Crippen LogP contribution in [0.5, 0.6) is 0 Å². The van der Waals surface area contributed by atoms with Gasteiger partial charge in [0.25, 0.3) is 11.5 Å². The maximum Gasteiger partial charge on any atom is 0.290 e. The molecule has 0 bridgehead atoms. The standard InChI is InChI=1S/C7H10N4O3S/c1-4-2-5(12)11(14-4)6(13)3-15-7(8)10-9/h2H,3,9H2,1H3,(H2,8,10). The summed E-state index contributed by atoms with van der Waals surface area (Å²) in [7, 11) is 0. The molecule has 0 aromatic carbocycles. The van der Waals surface area contributed by atoms with Gasteiger partial charge in [0.15, 0.2) is 5.17 Å². The first-order chi connectivity index (χ1) is 7.04. The average Bonchev–Trinajstić information content (AvgIpc) is 2.53. The Morgan fingerprint density at radius 3 is 2.87 bits per heavy atom. The second kappa shape index (κ2) is 4.69. The summed E-state index contributed by atoms with van der Waals surface area (Å²) in [6.45, 7) is 1.58. The fourth-order valence-corrected chi connectivity index (χ4v) is 1.32. The minimum absolute atomic E-state index is 0.0562. The number of hydrogen-bond donors (Lipinski definition) is 2. The molecule has 4 N–H and O–H groups in total. The van der Waals surface area contributed by atoms with E-state index in [0.29, 0.717) is 10.5 Å². The summed E-state index contributed by atoms with van der Waals surface area (Å²) in [4.78, 5) is 22.5. The number of nitrogens with zero attached hydrogens (tertiary/aromatic N) is 2. The monoisotopic (exact) mass is 230 g/mol. The van der Waals surface area contributed by atoms with Crippen molar-refractivity contribution in [2.75, 3.05) is 5.75 Å². The van der Waals surface area contributed by atoms with Crippen LogP contribution in [-0.2, 0) is 0 Å². The van der Waals surface area contributed by atoms with Crippen molar-refractivity contribution < 1.29 is 9.32 Å². The van der Waals surface area contributed by atoms with Crippen LogP contribution >= 0.6 is 11.8 Å². The third-order valence-corrected chi connectivity index (χ3v) is 2.25. The highest BCUT2D eigenvalue weighted by Gasteiger charge is 2.12. The molecule has 1 heterocycles. The van der Waals surface area contributed by atoms with E-state index in [1.54, 1.807) is 6.92 Å². The quantitative estimate of drug-likeness (QED) is 0.300. The zero-order valence-electron chi connectivity index (χ0n) is 7.97. The highest BCUT2D eigenvalue weighted by atomic mass is 32.2. The lowest BCUT2D eigenvalue weighted by molar-refractivity contribution is 0.0814. The van der Waals surface area contributed by atoms with E-state index in [9.17, 15) is 9.59 Å². The van der Waals surface area contributed by atoms with Gasteiger partial charge in [-0.2, -0.15) is 5.10 Å². The third-order valence-electron chi connectivity index (χ3n) is 1.46. The van der Waals surface area contributed by atoms with E-state index in [1.165, 1.54) is 6.07 Å². The minimum Gasteiger partial charge on any atom is -0.377 e. The Kier molecular flexibility index (Phi) is 3.56. The van der Waals surface area contributed by atoms with Crippen molar-refractivity contribution in [3.63, 3.8) is 0 Å². The molecular formula is C7H10N4O3S. The van der Waals surface area contributed by atoms with Crippen LogP contribution in [0.3, 0.4) is 0 Å². The summed E-state index contributed by atoms with van der Waals surface area (Å²) in [5.74, 6) is 4.68. The van der Waals surface area contributed by atoms with Crippen molar-refractivity contribution in [2.45, 2.75) is 6.92 Å².